The van der Waals surface area contributed by atoms with Crippen LogP contribution in [-0.4, -0.2) is 34.4 Å². The van der Waals surface area contributed by atoms with Crippen molar-refractivity contribution in [2.45, 2.75) is 25.3 Å². The number of benzene rings is 2. The van der Waals surface area contributed by atoms with E-state index in [2.05, 4.69) is 16.0 Å². The lowest BCUT2D eigenvalue weighted by Gasteiger charge is -2.36. The lowest BCUT2D eigenvalue weighted by atomic mass is 9.94. The van der Waals surface area contributed by atoms with Crippen molar-refractivity contribution >= 4 is 5.91 Å². The summed E-state index contributed by atoms with van der Waals surface area (Å²) >= 11 is 0. The molecule has 1 aromatic heterocycles. The zero-order valence-electron chi connectivity index (χ0n) is 15.4. The van der Waals surface area contributed by atoms with E-state index < -0.39 is 0 Å². The molecule has 0 saturated carbocycles. The zero-order valence-corrected chi connectivity index (χ0v) is 15.4. The third-order valence-electron chi connectivity index (χ3n) is 5.12. The molecule has 0 bridgehead atoms. The summed E-state index contributed by atoms with van der Waals surface area (Å²) in [6.45, 7) is 0.770. The number of likely N-dealkylation sites (tertiary alicyclic amines) is 1. The van der Waals surface area contributed by atoms with Crippen LogP contribution in [0.15, 0.2) is 60.9 Å². The van der Waals surface area contributed by atoms with E-state index in [1.54, 1.807) is 19.5 Å². The Labute approximate surface area is 159 Å². The number of ether oxygens (including phenoxy) is 1. The van der Waals surface area contributed by atoms with Crippen molar-refractivity contribution in [1.82, 2.24) is 14.9 Å². The Balaban J connectivity index is 1.64. The molecule has 1 N–H and O–H groups in total. The topological polar surface area (TPSA) is 58.2 Å². The summed E-state index contributed by atoms with van der Waals surface area (Å²) in [6, 6.07) is 15.8. The van der Waals surface area contributed by atoms with Crippen LogP contribution in [0.25, 0.3) is 11.4 Å². The van der Waals surface area contributed by atoms with Crippen molar-refractivity contribution in [2.75, 3.05) is 13.7 Å². The maximum Gasteiger partial charge on any atom is 0.254 e. The Hall–Kier alpha value is -3.08. The monoisotopic (exact) mass is 361 g/mol. The van der Waals surface area contributed by atoms with Crippen LogP contribution in [0.5, 0.6) is 5.75 Å². The Morgan fingerprint density at radius 2 is 2.07 bits per heavy atom. The summed E-state index contributed by atoms with van der Waals surface area (Å²) in [5.74, 6) is 1.66. The van der Waals surface area contributed by atoms with E-state index in [1.807, 2.05) is 47.4 Å². The van der Waals surface area contributed by atoms with Crippen LogP contribution in [0.1, 0.15) is 41.2 Å². The maximum absolute atomic E-state index is 13.3. The average molecular weight is 361 g/mol. The summed E-state index contributed by atoms with van der Waals surface area (Å²) in [6.07, 6.45) is 6.62. The fourth-order valence-electron chi connectivity index (χ4n) is 3.76. The first kappa shape index (κ1) is 17.3. The standard InChI is InChI=1S/C22H23N3O2/c1-27-19-9-5-6-16(15-19)20-10-2-3-13-25(20)22(26)18-8-4-7-17(14-18)21-23-11-12-24-21/h4-9,11-12,14-15,20H,2-3,10,13H2,1H3,(H,23,24)/t20-/m0/s1. The summed E-state index contributed by atoms with van der Waals surface area (Å²) in [7, 11) is 1.67. The van der Waals surface area contributed by atoms with Gasteiger partial charge in [-0.15, -0.1) is 0 Å². The van der Waals surface area contributed by atoms with Crippen molar-refractivity contribution in [3.05, 3.63) is 72.1 Å². The molecule has 5 heteroatoms. The number of amides is 1. The lowest BCUT2D eigenvalue weighted by molar-refractivity contribution is 0.0611. The molecule has 0 aliphatic carbocycles. The number of imidazole rings is 1. The molecule has 2 heterocycles. The molecular formula is C22H23N3O2. The number of rotatable bonds is 4. The van der Waals surface area contributed by atoms with E-state index in [1.165, 1.54) is 0 Å². The van der Waals surface area contributed by atoms with Crippen LogP contribution in [0, 0.1) is 0 Å². The maximum atomic E-state index is 13.3. The van der Waals surface area contributed by atoms with Crippen molar-refractivity contribution in [3.8, 4) is 17.1 Å². The van der Waals surface area contributed by atoms with Gasteiger partial charge in [0.2, 0.25) is 0 Å². The minimum absolute atomic E-state index is 0.0657. The lowest BCUT2D eigenvalue weighted by Crippen LogP contribution is -2.38. The van der Waals surface area contributed by atoms with Crippen molar-refractivity contribution < 1.29 is 9.53 Å². The van der Waals surface area contributed by atoms with Crippen LogP contribution in [0.3, 0.4) is 0 Å². The van der Waals surface area contributed by atoms with Crippen LogP contribution >= 0.6 is 0 Å². The number of aromatic nitrogens is 2. The smallest absolute Gasteiger partial charge is 0.254 e. The Bertz CT molecular complexity index is 921. The highest BCUT2D eigenvalue weighted by Crippen LogP contribution is 2.34. The molecule has 1 aliphatic rings. The fraction of sp³-hybridized carbons (Fsp3) is 0.273. The number of aromatic amines is 1. The van der Waals surface area contributed by atoms with E-state index >= 15 is 0 Å². The van der Waals surface area contributed by atoms with Gasteiger partial charge in [0, 0.05) is 30.1 Å². The highest BCUT2D eigenvalue weighted by molar-refractivity contribution is 5.95. The SMILES string of the molecule is COc1cccc([C@@H]2CCCCN2C(=O)c2cccc(-c3ncc[nH]3)c2)c1. The van der Waals surface area contributed by atoms with Gasteiger partial charge in [0.1, 0.15) is 11.6 Å². The number of piperidine rings is 1. The molecule has 1 atom stereocenters. The second kappa shape index (κ2) is 7.66. The van der Waals surface area contributed by atoms with Gasteiger partial charge in [0.05, 0.1) is 13.2 Å². The molecule has 138 valence electrons. The quantitative estimate of drug-likeness (QED) is 0.747. The number of methoxy groups -OCH3 is 1. The normalized spacial score (nSPS) is 16.9. The van der Waals surface area contributed by atoms with Gasteiger partial charge in [0.15, 0.2) is 0 Å². The molecule has 5 nitrogen and oxygen atoms in total. The largest absolute Gasteiger partial charge is 0.497 e. The highest BCUT2D eigenvalue weighted by atomic mass is 16.5. The van der Waals surface area contributed by atoms with Gasteiger partial charge in [-0.05, 0) is 49.1 Å². The van der Waals surface area contributed by atoms with Gasteiger partial charge in [-0.25, -0.2) is 4.98 Å². The Morgan fingerprint density at radius 3 is 2.89 bits per heavy atom. The predicted molar refractivity (Wildman–Crippen MR) is 105 cm³/mol. The molecule has 1 fully saturated rings. The Kier molecular flexibility index (Phi) is 4.92. The molecule has 0 spiro atoms. The first-order valence-electron chi connectivity index (χ1n) is 9.31. The van der Waals surface area contributed by atoms with Crippen molar-refractivity contribution in [2.24, 2.45) is 0 Å². The van der Waals surface area contributed by atoms with E-state index in [0.29, 0.717) is 5.56 Å². The van der Waals surface area contributed by atoms with E-state index in [-0.39, 0.29) is 11.9 Å². The minimum atomic E-state index is 0.0657. The first-order chi connectivity index (χ1) is 13.3. The highest BCUT2D eigenvalue weighted by Gasteiger charge is 2.29. The number of carbonyl (C=O) groups is 1. The van der Waals surface area contributed by atoms with E-state index in [4.69, 9.17) is 4.74 Å². The van der Waals surface area contributed by atoms with Gasteiger partial charge >= 0.3 is 0 Å². The van der Waals surface area contributed by atoms with Crippen molar-refractivity contribution in [1.29, 1.82) is 0 Å². The molecule has 1 aliphatic heterocycles. The molecule has 0 unspecified atom stereocenters. The van der Waals surface area contributed by atoms with Crippen LogP contribution < -0.4 is 4.74 Å². The number of carbonyl (C=O) groups excluding carboxylic acids is 1. The molecule has 27 heavy (non-hydrogen) atoms. The summed E-state index contributed by atoms with van der Waals surface area (Å²) in [5.41, 5.74) is 2.74. The van der Waals surface area contributed by atoms with Crippen LogP contribution in [0.4, 0.5) is 0 Å². The zero-order chi connectivity index (χ0) is 18.6. The number of hydrogen-bond donors (Lipinski definition) is 1. The second-order valence-electron chi connectivity index (χ2n) is 6.81. The molecule has 3 aromatic rings. The summed E-state index contributed by atoms with van der Waals surface area (Å²) in [5, 5.41) is 0. The van der Waals surface area contributed by atoms with Gasteiger partial charge < -0.3 is 14.6 Å². The average Bonchev–Trinajstić information content (AvgIpc) is 3.28. The molecule has 0 radical (unpaired) electrons. The Morgan fingerprint density at radius 1 is 1.19 bits per heavy atom. The predicted octanol–water partition coefficient (Wildman–Crippen LogP) is 4.45. The van der Waals surface area contributed by atoms with Crippen molar-refractivity contribution in [3.63, 3.8) is 0 Å². The molecule has 4 rings (SSSR count). The van der Waals surface area contributed by atoms with Gasteiger partial charge in [-0.1, -0.05) is 24.3 Å². The molecular weight excluding hydrogens is 338 g/mol. The number of hydrogen-bond acceptors (Lipinski definition) is 3. The number of nitrogens with one attached hydrogen (secondary N) is 1. The first-order valence-corrected chi connectivity index (χ1v) is 9.31. The number of H-pyrrole nitrogens is 1. The fourth-order valence-corrected chi connectivity index (χ4v) is 3.76. The summed E-state index contributed by atoms with van der Waals surface area (Å²) < 4.78 is 5.37. The molecule has 1 amide bonds. The third kappa shape index (κ3) is 3.58. The molecule has 2 aromatic carbocycles. The minimum Gasteiger partial charge on any atom is -0.497 e. The van der Waals surface area contributed by atoms with E-state index in [9.17, 15) is 4.79 Å². The van der Waals surface area contributed by atoms with E-state index in [0.717, 1.165) is 48.5 Å². The molecule has 1 saturated heterocycles. The third-order valence-corrected chi connectivity index (χ3v) is 5.12. The second-order valence-corrected chi connectivity index (χ2v) is 6.81. The van der Waals surface area contributed by atoms with Gasteiger partial charge in [-0.2, -0.15) is 0 Å². The van der Waals surface area contributed by atoms with Gasteiger partial charge in [-0.3, -0.25) is 4.79 Å². The number of nitrogens with zero attached hydrogens (tertiary/aromatic N) is 2. The summed E-state index contributed by atoms with van der Waals surface area (Å²) in [4.78, 5) is 22.7. The van der Waals surface area contributed by atoms with Crippen LogP contribution in [0.2, 0.25) is 0 Å². The van der Waals surface area contributed by atoms with Gasteiger partial charge in [0.25, 0.3) is 5.91 Å². The van der Waals surface area contributed by atoms with Crippen LogP contribution in [-0.2, 0) is 0 Å².